The van der Waals surface area contributed by atoms with Gasteiger partial charge in [-0.15, -0.1) is 0 Å². The number of hydrogen-bond acceptors (Lipinski definition) is 6. The van der Waals surface area contributed by atoms with Crippen LogP contribution in [0.3, 0.4) is 0 Å². The van der Waals surface area contributed by atoms with Gasteiger partial charge in [0.1, 0.15) is 0 Å². The number of nitrogens with zero attached hydrogens (tertiary/aromatic N) is 4. The van der Waals surface area contributed by atoms with E-state index in [1.807, 2.05) is 0 Å². The van der Waals surface area contributed by atoms with Crippen LogP contribution < -0.4 is 10.2 Å². The van der Waals surface area contributed by atoms with Crippen molar-refractivity contribution in [1.29, 1.82) is 0 Å². The molecule has 2 aromatic heterocycles. The molecule has 0 atom stereocenters. The first-order valence-corrected chi connectivity index (χ1v) is 5.46. The molecule has 0 aliphatic rings. The number of amides is 1. The first-order chi connectivity index (χ1) is 8.67. The van der Waals surface area contributed by atoms with Crippen molar-refractivity contribution in [1.82, 2.24) is 20.2 Å². The van der Waals surface area contributed by atoms with Gasteiger partial charge in [-0.25, -0.2) is 4.79 Å². The smallest absolute Gasteiger partial charge is 0.415 e. The highest BCUT2D eigenvalue weighted by molar-refractivity contribution is 5.97. The van der Waals surface area contributed by atoms with Gasteiger partial charge in [0.25, 0.3) is 0 Å². The molecule has 0 fully saturated rings. The lowest BCUT2D eigenvalue weighted by Gasteiger charge is -2.16. The van der Waals surface area contributed by atoms with Crippen LogP contribution in [-0.2, 0) is 4.74 Å². The number of hydrogen-bond donors (Lipinski definition) is 2. The van der Waals surface area contributed by atoms with E-state index in [0.717, 1.165) is 0 Å². The van der Waals surface area contributed by atoms with Crippen molar-refractivity contribution in [2.45, 2.75) is 6.92 Å². The van der Waals surface area contributed by atoms with Crippen LogP contribution >= 0.6 is 0 Å². The molecule has 0 saturated heterocycles. The number of aromatic nitrogens is 4. The van der Waals surface area contributed by atoms with Gasteiger partial charge in [0, 0.05) is 14.1 Å². The van der Waals surface area contributed by atoms with Crippen LogP contribution in [0.1, 0.15) is 6.92 Å². The first kappa shape index (κ1) is 12.1. The van der Waals surface area contributed by atoms with Crippen LogP contribution in [-0.4, -0.2) is 47.0 Å². The molecule has 8 heteroatoms. The van der Waals surface area contributed by atoms with E-state index in [1.165, 1.54) is 4.90 Å². The molecule has 1 amide bonds. The maximum atomic E-state index is 11.7. The Kier molecular flexibility index (Phi) is 3.26. The number of nitrogens with one attached hydrogen (secondary N) is 2. The fourth-order valence-electron chi connectivity index (χ4n) is 1.49. The number of aromatic amines is 1. The summed E-state index contributed by atoms with van der Waals surface area (Å²) >= 11 is 0. The van der Waals surface area contributed by atoms with E-state index in [4.69, 9.17) is 4.74 Å². The van der Waals surface area contributed by atoms with Gasteiger partial charge in [-0.1, -0.05) is 0 Å². The molecule has 0 aliphatic heterocycles. The molecule has 2 aromatic rings. The average molecular weight is 250 g/mol. The molecule has 8 nitrogen and oxygen atoms in total. The largest absolute Gasteiger partial charge is 0.449 e. The Labute approximate surface area is 103 Å². The molecule has 0 spiro atoms. The number of ether oxygens (including phenoxy) is 1. The third-order valence-corrected chi connectivity index (χ3v) is 2.37. The quantitative estimate of drug-likeness (QED) is 0.843. The molecule has 0 radical (unpaired) electrons. The van der Waals surface area contributed by atoms with Gasteiger partial charge in [-0.3, -0.25) is 10.00 Å². The summed E-state index contributed by atoms with van der Waals surface area (Å²) in [5.41, 5.74) is 0.556. The molecule has 2 heterocycles. The minimum absolute atomic E-state index is 0.307. The normalized spacial score (nSPS) is 10.4. The van der Waals surface area contributed by atoms with E-state index >= 15 is 0 Å². The zero-order chi connectivity index (χ0) is 13.1. The van der Waals surface area contributed by atoms with Crippen LogP contribution in [0.5, 0.6) is 0 Å². The maximum absolute atomic E-state index is 11.7. The van der Waals surface area contributed by atoms with Gasteiger partial charge in [0.15, 0.2) is 11.5 Å². The highest BCUT2D eigenvalue weighted by Crippen LogP contribution is 2.23. The lowest BCUT2D eigenvalue weighted by molar-refractivity contribution is 0.161. The van der Waals surface area contributed by atoms with E-state index in [-0.39, 0.29) is 0 Å². The van der Waals surface area contributed by atoms with Gasteiger partial charge in [0.05, 0.1) is 18.2 Å². The molecular formula is C10H14N6O2. The summed E-state index contributed by atoms with van der Waals surface area (Å²) in [6.45, 7) is 2.06. The molecule has 2 N–H and O–H groups in total. The molecule has 0 aliphatic carbocycles. The molecule has 18 heavy (non-hydrogen) atoms. The standard InChI is InChI=1S/C10H14N6O2/c1-4-18-10(17)16(3)8-6-5-12-15-7(6)13-9(11-2)14-8/h5H,4H2,1-3H3,(H2,11,12,13,14,15). The van der Waals surface area contributed by atoms with Gasteiger partial charge in [-0.05, 0) is 6.92 Å². The second-order valence-corrected chi connectivity index (χ2v) is 3.51. The van der Waals surface area contributed by atoms with Gasteiger partial charge < -0.3 is 10.1 Å². The molecule has 2 rings (SSSR count). The van der Waals surface area contributed by atoms with Crippen molar-refractivity contribution in [3.05, 3.63) is 6.20 Å². The summed E-state index contributed by atoms with van der Waals surface area (Å²) in [6, 6.07) is 0. The van der Waals surface area contributed by atoms with E-state index in [0.29, 0.717) is 29.4 Å². The highest BCUT2D eigenvalue weighted by atomic mass is 16.6. The van der Waals surface area contributed by atoms with Gasteiger partial charge >= 0.3 is 6.09 Å². The van der Waals surface area contributed by atoms with Gasteiger partial charge in [0.2, 0.25) is 5.95 Å². The molecule has 0 unspecified atom stereocenters. The fraction of sp³-hybridized carbons (Fsp3) is 0.400. The number of H-pyrrole nitrogens is 1. The molecule has 0 bridgehead atoms. The minimum atomic E-state index is -0.472. The SMILES string of the molecule is CCOC(=O)N(C)c1nc(NC)nc2[nH]ncc12. The summed E-state index contributed by atoms with van der Waals surface area (Å²) in [5.74, 6) is 0.842. The zero-order valence-corrected chi connectivity index (χ0v) is 10.4. The summed E-state index contributed by atoms with van der Waals surface area (Å²) in [6.07, 6.45) is 1.10. The monoisotopic (exact) mass is 250 g/mol. The number of anilines is 2. The first-order valence-electron chi connectivity index (χ1n) is 5.46. The Bertz CT molecular complexity index is 566. The van der Waals surface area contributed by atoms with Crippen LogP contribution in [0, 0.1) is 0 Å². The Hall–Kier alpha value is -2.38. The van der Waals surface area contributed by atoms with Crippen molar-refractivity contribution in [3.63, 3.8) is 0 Å². The van der Waals surface area contributed by atoms with E-state index in [1.54, 1.807) is 27.2 Å². The Balaban J connectivity index is 2.47. The third-order valence-electron chi connectivity index (χ3n) is 2.37. The second kappa shape index (κ2) is 4.86. The number of fused-ring (bicyclic) bond motifs is 1. The fourth-order valence-corrected chi connectivity index (χ4v) is 1.49. The van der Waals surface area contributed by atoms with E-state index in [2.05, 4.69) is 25.5 Å². The number of rotatable bonds is 3. The Morgan fingerprint density at radius 1 is 1.56 bits per heavy atom. The van der Waals surface area contributed by atoms with Crippen molar-refractivity contribution in [2.24, 2.45) is 0 Å². The van der Waals surface area contributed by atoms with Crippen molar-refractivity contribution in [3.8, 4) is 0 Å². The molecule has 0 saturated carbocycles. The Morgan fingerprint density at radius 2 is 2.33 bits per heavy atom. The lowest BCUT2D eigenvalue weighted by Crippen LogP contribution is -2.28. The van der Waals surface area contributed by atoms with Crippen LogP contribution in [0.2, 0.25) is 0 Å². The average Bonchev–Trinajstić information content (AvgIpc) is 2.84. The number of carbonyl (C=O) groups is 1. The summed E-state index contributed by atoms with van der Waals surface area (Å²) in [4.78, 5) is 21.4. The molecule has 96 valence electrons. The summed E-state index contributed by atoms with van der Waals surface area (Å²) in [5, 5.41) is 10.1. The van der Waals surface area contributed by atoms with Crippen LogP contribution in [0.15, 0.2) is 6.20 Å². The molecule has 0 aromatic carbocycles. The highest BCUT2D eigenvalue weighted by Gasteiger charge is 2.18. The van der Waals surface area contributed by atoms with Crippen molar-refractivity contribution < 1.29 is 9.53 Å². The summed E-state index contributed by atoms with van der Waals surface area (Å²) < 4.78 is 4.93. The number of carbonyl (C=O) groups excluding carboxylic acids is 1. The predicted molar refractivity (Wildman–Crippen MR) is 66.7 cm³/mol. The Morgan fingerprint density at radius 3 is 3.00 bits per heavy atom. The van der Waals surface area contributed by atoms with E-state index < -0.39 is 6.09 Å². The molecular weight excluding hydrogens is 236 g/mol. The third kappa shape index (κ3) is 2.04. The topological polar surface area (TPSA) is 96.0 Å². The van der Waals surface area contributed by atoms with E-state index in [9.17, 15) is 4.79 Å². The maximum Gasteiger partial charge on any atom is 0.415 e. The van der Waals surface area contributed by atoms with Crippen LogP contribution in [0.4, 0.5) is 16.6 Å². The van der Waals surface area contributed by atoms with Crippen molar-refractivity contribution in [2.75, 3.05) is 30.9 Å². The second-order valence-electron chi connectivity index (χ2n) is 3.51. The lowest BCUT2D eigenvalue weighted by atomic mass is 10.4. The predicted octanol–water partition coefficient (Wildman–Crippen LogP) is 0.987. The van der Waals surface area contributed by atoms with Crippen molar-refractivity contribution >= 4 is 28.9 Å². The summed E-state index contributed by atoms with van der Waals surface area (Å²) in [7, 11) is 3.29. The zero-order valence-electron chi connectivity index (χ0n) is 10.4. The minimum Gasteiger partial charge on any atom is -0.449 e. The van der Waals surface area contributed by atoms with Gasteiger partial charge in [-0.2, -0.15) is 15.1 Å². The van der Waals surface area contributed by atoms with Crippen LogP contribution in [0.25, 0.3) is 11.0 Å².